The third kappa shape index (κ3) is 3.90. The van der Waals surface area contributed by atoms with Crippen molar-refractivity contribution in [1.29, 1.82) is 0 Å². The molecular weight excluding hydrogens is 358 g/mol. The van der Waals surface area contributed by atoms with Crippen molar-refractivity contribution in [3.63, 3.8) is 0 Å². The van der Waals surface area contributed by atoms with Crippen LogP contribution in [0.3, 0.4) is 0 Å². The molecule has 0 radical (unpaired) electrons. The Kier molecular flexibility index (Phi) is 5.36. The summed E-state index contributed by atoms with van der Waals surface area (Å²) >= 11 is 0. The summed E-state index contributed by atoms with van der Waals surface area (Å²) in [5, 5.41) is 5.75. The minimum Gasteiger partial charge on any atom is -0.336 e. The van der Waals surface area contributed by atoms with Crippen LogP contribution in [0.2, 0.25) is 0 Å². The van der Waals surface area contributed by atoms with Crippen LogP contribution in [0.25, 0.3) is 0 Å². The molecule has 3 aliphatic rings. The third-order valence-corrected chi connectivity index (χ3v) is 5.72. The Morgan fingerprint density at radius 2 is 1.82 bits per heavy atom. The van der Waals surface area contributed by atoms with Crippen LogP contribution in [0.4, 0.5) is 21.0 Å². The molecule has 1 unspecified atom stereocenters. The number of anilines is 2. The molecule has 1 aromatic rings. The van der Waals surface area contributed by atoms with Crippen LogP contribution < -0.4 is 15.5 Å². The van der Waals surface area contributed by atoms with Crippen LogP contribution in [-0.4, -0.2) is 67.0 Å². The number of likely N-dealkylation sites (tertiary alicyclic amines) is 2. The summed E-state index contributed by atoms with van der Waals surface area (Å²) in [4.78, 5) is 42.7. The number of hydrogen-bond donors (Lipinski definition) is 2. The number of amides is 5. The molecule has 3 heterocycles. The molecule has 8 nitrogen and oxygen atoms in total. The molecular formula is C20H27N5O3. The fourth-order valence-electron chi connectivity index (χ4n) is 4.19. The summed E-state index contributed by atoms with van der Waals surface area (Å²) in [6.07, 6.45) is 3.75. The van der Waals surface area contributed by atoms with Gasteiger partial charge < -0.3 is 20.4 Å². The van der Waals surface area contributed by atoms with Crippen molar-refractivity contribution < 1.29 is 14.4 Å². The zero-order valence-electron chi connectivity index (χ0n) is 16.0. The zero-order valence-corrected chi connectivity index (χ0v) is 16.0. The summed E-state index contributed by atoms with van der Waals surface area (Å²) in [7, 11) is 0. The summed E-state index contributed by atoms with van der Waals surface area (Å²) < 4.78 is 0. The second-order valence-electron chi connectivity index (χ2n) is 7.69. The number of carbonyl (C=O) groups excluding carboxylic acids is 3. The van der Waals surface area contributed by atoms with E-state index in [0.717, 1.165) is 51.0 Å². The van der Waals surface area contributed by atoms with Gasteiger partial charge in [0.15, 0.2) is 0 Å². The first-order chi connectivity index (χ1) is 13.6. The Hall–Kier alpha value is -2.77. The number of carbonyl (C=O) groups is 3. The molecule has 2 N–H and O–H groups in total. The number of piperidine rings is 1. The van der Waals surface area contributed by atoms with E-state index >= 15 is 0 Å². The minimum atomic E-state index is -0.209. The summed E-state index contributed by atoms with van der Waals surface area (Å²) in [6.45, 7) is 4.07. The summed E-state index contributed by atoms with van der Waals surface area (Å²) in [5.41, 5.74) is 1.44. The molecule has 3 fully saturated rings. The molecule has 0 spiro atoms. The van der Waals surface area contributed by atoms with Gasteiger partial charge in [-0.2, -0.15) is 0 Å². The van der Waals surface area contributed by atoms with Gasteiger partial charge in [-0.1, -0.05) is 6.07 Å². The molecule has 0 aromatic heterocycles. The van der Waals surface area contributed by atoms with E-state index in [-0.39, 0.29) is 23.9 Å². The quantitative estimate of drug-likeness (QED) is 0.835. The minimum absolute atomic E-state index is 0.0667. The molecule has 3 saturated heterocycles. The summed E-state index contributed by atoms with van der Waals surface area (Å²) in [5.74, 6) is -0.277. The predicted molar refractivity (Wildman–Crippen MR) is 106 cm³/mol. The van der Waals surface area contributed by atoms with Crippen molar-refractivity contribution in [3.05, 3.63) is 24.3 Å². The highest BCUT2D eigenvalue weighted by Gasteiger charge is 2.31. The second kappa shape index (κ2) is 8.08. The van der Waals surface area contributed by atoms with Crippen molar-refractivity contribution in [3.8, 4) is 0 Å². The molecule has 1 aromatic carbocycles. The van der Waals surface area contributed by atoms with E-state index in [1.54, 1.807) is 4.90 Å². The van der Waals surface area contributed by atoms with E-state index < -0.39 is 0 Å². The normalized spacial score (nSPS) is 22.4. The number of rotatable bonds is 3. The Morgan fingerprint density at radius 1 is 1.04 bits per heavy atom. The average molecular weight is 385 g/mol. The van der Waals surface area contributed by atoms with Gasteiger partial charge in [0.2, 0.25) is 5.91 Å². The van der Waals surface area contributed by atoms with Crippen LogP contribution >= 0.6 is 0 Å². The molecule has 0 bridgehead atoms. The van der Waals surface area contributed by atoms with Gasteiger partial charge in [0.05, 0.1) is 5.92 Å². The SMILES string of the molecule is O=C(Nc1cccc(N2CCNC2=O)c1)C1CCCN(C(=O)N2CCCC2)C1. The number of nitrogens with zero attached hydrogens (tertiary/aromatic N) is 3. The Bertz CT molecular complexity index is 762. The molecule has 1 atom stereocenters. The van der Waals surface area contributed by atoms with E-state index in [1.807, 2.05) is 34.1 Å². The number of urea groups is 2. The molecule has 150 valence electrons. The first kappa shape index (κ1) is 18.6. The first-order valence-corrected chi connectivity index (χ1v) is 10.1. The van der Waals surface area contributed by atoms with Crippen molar-refractivity contribution in [2.75, 3.05) is 49.5 Å². The number of benzene rings is 1. The second-order valence-corrected chi connectivity index (χ2v) is 7.69. The average Bonchev–Trinajstić information content (AvgIpc) is 3.39. The van der Waals surface area contributed by atoms with Gasteiger partial charge >= 0.3 is 12.1 Å². The monoisotopic (exact) mass is 385 g/mol. The van der Waals surface area contributed by atoms with Crippen molar-refractivity contribution in [1.82, 2.24) is 15.1 Å². The highest BCUT2D eigenvalue weighted by Crippen LogP contribution is 2.24. The van der Waals surface area contributed by atoms with Gasteiger partial charge in [-0.15, -0.1) is 0 Å². The Morgan fingerprint density at radius 3 is 2.57 bits per heavy atom. The predicted octanol–water partition coefficient (Wildman–Crippen LogP) is 2.08. The van der Waals surface area contributed by atoms with E-state index in [4.69, 9.17) is 0 Å². The lowest BCUT2D eigenvalue weighted by molar-refractivity contribution is -0.121. The van der Waals surface area contributed by atoms with Crippen LogP contribution in [0.5, 0.6) is 0 Å². The Balaban J connectivity index is 1.38. The smallest absolute Gasteiger partial charge is 0.321 e. The molecule has 0 saturated carbocycles. The maximum Gasteiger partial charge on any atom is 0.321 e. The van der Waals surface area contributed by atoms with Crippen LogP contribution in [-0.2, 0) is 4.79 Å². The lowest BCUT2D eigenvalue weighted by Gasteiger charge is -2.34. The van der Waals surface area contributed by atoms with Crippen LogP contribution in [0.15, 0.2) is 24.3 Å². The third-order valence-electron chi connectivity index (χ3n) is 5.72. The maximum absolute atomic E-state index is 12.8. The molecule has 28 heavy (non-hydrogen) atoms. The number of nitrogens with one attached hydrogen (secondary N) is 2. The highest BCUT2D eigenvalue weighted by molar-refractivity contribution is 5.96. The zero-order chi connectivity index (χ0) is 19.5. The molecule has 3 aliphatic heterocycles. The molecule has 4 rings (SSSR count). The van der Waals surface area contributed by atoms with Gasteiger partial charge in [0, 0.05) is 50.6 Å². The Labute approximate surface area is 164 Å². The molecule has 5 amide bonds. The lowest BCUT2D eigenvalue weighted by atomic mass is 9.97. The van der Waals surface area contributed by atoms with E-state index in [2.05, 4.69) is 10.6 Å². The molecule has 0 aliphatic carbocycles. The fourth-order valence-corrected chi connectivity index (χ4v) is 4.19. The van der Waals surface area contributed by atoms with E-state index in [9.17, 15) is 14.4 Å². The fraction of sp³-hybridized carbons (Fsp3) is 0.550. The van der Waals surface area contributed by atoms with E-state index in [0.29, 0.717) is 25.3 Å². The summed E-state index contributed by atoms with van der Waals surface area (Å²) in [6, 6.07) is 7.28. The lowest BCUT2D eigenvalue weighted by Crippen LogP contribution is -2.48. The van der Waals surface area contributed by atoms with Gasteiger partial charge in [-0.25, -0.2) is 9.59 Å². The van der Waals surface area contributed by atoms with Crippen molar-refractivity contribution >= 4 is 29.3 Å². The maximum atomic E-state index is 12.8. The van der Waals surface area contributed by atoms with Crippen LogP contribution in [0, 0.1) is 5.92 Å². The van der Waals surface area contributed by atoms with E-state index in [1.165, 1.54) is 0 Å². The standard InChI is InChI=1S/C20H27N5O3/c26-18(15-5-4-11-24(14-15)20(28)23-9-1-2-10-23)22-16-6-3-7-17(13-16)25-12-8-21-19(25)27/h3,6-7,13,15H,1-2,4-5,8-12,14H2,(H,21,27)(H,22,26). The number of hydrogen-bond acceptors (Lipinski definition) is 3. The van der Waals surface area contributed by atoms with Crippen LogP contribution in [0.1, 0.15) is 25.7 Å². The van der Waals surface area contributed by atoms with Gasteiger partial charge in [-0.05, 0) is 43.9 Å². The largest absolute Gasteiger partial charge is 0.336 e. The first-order valence-electron chi connectivity index (χ1n) is 10.1. The molecule has 8 heteroatoms. The van der Waals surface area contributed by atoms with Crippen molar-refractivity contribution in [2.24, 2.45) is 5.92 Å². The van der Waals surface area contributed by atoms with Crippen molar-refractivity contribution in [2.45, 2.75) is 25.7 Å². The van der Waals surface area contributed by atoms with Gasteiger partial charge in [0.25, 0.3) is 0 Å². The van der Waals surface area contributed by atoms with Gasteiger partial charge in [-0.3, -0.25) is 9.69 Å². The topological polar surface area (TPSA) is 85.0 Å². The van der Waals surface area contributed by atoms with Gasteiger partial charge in [0.1, 0.15) is 0 Å². The highest BCUT2D eigenvalue weighted by atomic mass is 16.2.